The van der Waals surface area contributed by atoms with Gasteiger partial charge in [-0.05, 0) is 26.8 Å². The van der Waals surface area contributed by atoms with Gasteiger partial charge in [0.2, 0.25) is 0 Å². The Morgan fingerprint density at radius 1 is 1.40 bits per heavy atom. The van der Waals surface area contributed by atoms with E-state index < -0.39 is 0 Å². The maximum atomic E-state index is 4.25. The van der Waals surface area contributed by atoms with Crippen molar-refractivity contribution in [1.82, 2.24) is 4.98 Å². The highest BCUT2D eigenvalue weighted by Crippen LogP contribution is 2.28. The van der Waals surface area contributed by atoms with E-state index in [1.165, 1.54) is 11.3 Å². The molecule has 0 saturated carbocycles. The Morgan fingerprint density at radius 3 is 2.47 bits per heavy atom. The van der Waals surface area contributed by atoms with Crippen molar-refractivity contribution < 1.29 is 0 Å². The Hall–Kier alpha value is -1.03. The average molecular weight is 225 g/mol. The maximum absolute atomic E-state index is 4.25. The van der Waals surface area contributed by atoms with E-state index in [4.69, 9.17) is 0 Å². The molecule has 0 aliphatic rings. The van der Waals surface area contributed by atoms with Gasteiger partial charge in [-0.15, -0.1) is 5.11 Å². The molecule has 0 unspecified atom stereocenters. The van der Waals surface area contributed by atoms with E-state index in [0.29, 0.717) is 0 Å². The standard InChI is InChI=1S/C9H13N3S.C2H6/c1-5-8-9(12-11-6(2)3)13-7(4)10-8;1-2/h5-6H,1H2,2-4H3;1-2H3. The third-order valence-corrected chi connectivity index (χ3v) is 2.19. The fraction of sp³-hybridized carbons (Fsp3) is 0.545. The van der Waals surface area contributed by atoms with Crippen molar-refractivity contribution in [3.63, 3.8) is 0 Å². The lowest BCUT2D eigenvalue weighted by Crippen LogP contribution is -1.83. The molecule has 0 amide bonds. The van der Waals surface area contributed by atoms with Crippen molar-refractivity contribution in [2.24, 2.45) is 10.2 Å². The molecule has 1 aromatic heterocycles. The van der Waals surface area contributed by atoms with Gasteiger partial charge >= 0.3 is 0 Å². The molecule has 3 nitrogen and oxygen atoms in total. The van der Waals surface area contributed by atoms with Crippen LogP contribution in [0.4, 0.5) is 5.00 Å². The summed E-state index contributed by atoms with van der Waals surface area (Å²) in [4.78, 5) is 4.25. The van der Waals surface area contributed by atoms with Crippen LogP contribution in [0.1, 0.15) is 38.4 Å². The van der Waals surface area contributed by atoms with Crippen molar-refractivity contribution in [2.45, 2.75) is 40.7 Å². The summed E-state index contributed by atoms with van der Waals surface area (Å²) in [6, 6.07) is 0.222. The third-order valence-electron chi connectivity index (χ3n) is 1.31. The molecule has 0 N–H and O–H groups in total. The number of rotatable bonds is 3. The van der Waals surface area contributed by atoms with Gasteiger partial charge in [-0.25, -0.2) is 4.98 Å². The number of azo groups is 1. The highest BCUT2D eigenvalue weighted by molar-refractivity contribution is 7.15. The van der Waals surface area contributed by atoms with Gasteiger partial charge < -0.3 is 0 Å². The zero-order valence-electron chi connectivity index (χ0n) is 10.1. The molecule has 15 heavy (non-hydrogen) atoms. The zero-order valence-corrected chi connectivity index (χ0v) is 10.9. The summed E-state index contributed by atoms with van der Waals surface area (Å²) in [5.41, 5.74) is 0.826. The molecule has 84 valence electrons. The average Bonchev–Trinajstić information content (AvgIpc) is 2.59. The molecule has 0 aliphatic heterocycles. The van der Waals surface area contributed by atoms with Gasteiger partial charge in [0.25, 0.3) is 0 Å². The molecular formula is C11H19N3S. The molecule has 0 atom stereocenters. The second-order valence-electron chi connectivity index (χ2n) is 2.94. The van der Waals surface area contributed by atoms with Gasteiger partial charge in [0, 0.05) is 0 Å². The molecule has 0 saturated heterocycles. The highest BCUT2D eigenvalue weighted by Gasteiger charge is 2.04. The van der Waals surface area contributed by atoms with Gasteiger partial charge in [-0.1, -0.05) is 31.8 Å². The molecule has 1 aromatic rings. The van der Waals surface area contributed by atoms with Crippen LogP contribution in [-0.2, 0) is 0 Å². The molecule has 0 bridgehead atoms. The summed E-state index contributed by atoms with van der Waals surface area (Å²) in [6.45, 7) is 13.6. The minimum absolute atomic E-state index is 0.222. The summed E-state index contributed by atoms with van der Waals surface area (Å²) >= 11 is 1.54. The molecule has 0 fully saturated rings. The monoisotopic (exact) mass is 225 g/mol. The zero-order chi connectivity index (χ0) is 11.8. The molecule has 0 radical (unpaired) electrons. The van der Waals surface area contributed by atoms with Crippen molar-refractivity contribution in [1.29, 1.82) is 0 Å². The number of aromatic nitrogens is 1. The fourth-order valence-electron chi connectivity index (χ4n) is 0.805. The lowest BCUT2D eigenvalue weighted by Gasteiger charge is -1.91. The van der Waals surface area contributed by atoms with Gasteiger partial charge in [-0.2, -0.15) is 5.11 Å². The van der Waals surface area contributed by atoms with Crippen molar-refractivity contribution in [3.8, 4) is 0 Å². The Balaban J connectivity index is 0.000000921. The van der Waals surface area contributed by atoms with E-state index in [-0.39, 0.29) is 6.04 Å². The van der Waals surface area contributed by atoms with Gasteiger partial charge in [0.05, 0.1) is 11.0 Å². The molecular weight excluding hydrogens is 206 g/mol. The third kappa shape index (κ3) is 4.83. The topological polar surface area (TPSA) is 37.6 Å². The maximum Gasteiger partial charge on any atom is 0.165 e. The van der Waals surface area contributed by atoms with Crippen LogP contribution >= 0.6 is 11.3 Å². The first kappa shape index (κ1) is 14.0. The first-order valence-corrected chi connectivity index (χ1v) is 5.96. The van der Waals surface area contributed by atoms with Gasteiger partial charge in [0.1, 0.15) is 5.69 Å². The Kier molecular flexibility index (Phi) is 6.79. The summed E-state index contributed by atoms with van der Waals surface area (Å²) in [6.07, 6.45) is 1.71. The summed E-state index contributed by atoms with van der Waals surface area (Å²) in [7, 11) is 0. The van der Waals surface area contributed by atoms with Crippen LogP contribution in [0.5, 0.6) is 0 Å². The van der Waals surface area contributed by atoms with E-state index in [1.54, 1.807) is 6.08 Å². The van der Waals surface area contributed by atoms with Crippen molar-refractivity contribution in [3.05, 3.63) is 17.3 Å². The van der Waals surface area contributed by atoms with Crippen LogP contribution in [0.3, 0.4) is 0 Å². The molecule has 4 heteroatoms. The van der Waals surface area contributed by atoms with Gasteiger partial charge in [0.15, 0.2) is 5.00 Å². The second-order valence-corrected chi connectivity index (χ2v) is 4.12. The first-order valence-electron chi connectivity index (χ1n) is 5.14. The molecule has 0 spiro atoms. The Morgan fingerprint density at radius 2 is 2.00 bits per heavy atom. The minimum Gasteiger partial charge on any atom is -0.240 e. The number of thiazole rings is 1. The normalized spacial score (nSPS) is 10.3. The summed E-state index contributed by atoms with van der Waals surface area (Å²) in [5.74, 6) is 0. The molecule has 0 aliphatic carbocycles. The van der Waals surface area contributed by atoms with E-state index in [0.717, 1.165) is 15.7 Å². The van der Waals surface area contributed by atoms with Crippen molar-refractivity contribution in [2.75, 3.05) is 0 Å². The number of hydrogen-bond acceptors (Lipinski definition) is 4. The second kappa shape index (κ2) is 7.29. The van der Waals surface area contributed by atoms with E-state index in [9.17, 15) is 0 Å². The Labute approximate surface area is 96.0 Å². The molecule has 0 aromatic carbocycles. The van der Waals surface area contributed by atoms with Crippen LogP contribution in [0.25, 0.3) is 6.08 Å². The predicted molar refractivity (Wildman–Crippen MR) is 67.9 cm³/mol. The van der Waals surface area contributed by atoms with E-state index >= 15 is 0 Å². The van der Waals surface area contributed by atoms with Gasteiger partial charge in [-0.3, -0.25) is 0 Å². The van der Waals surface area contributed by atoms with Crippen LogP contribution in [-0.4, -0.2) is 11.0 Å². The van der Waals surface area contributed by atoms with Crippen LogP contribution in [0, 0.1) is 6.92 Å². The number of nitrogens with zero attached hydrogens (tertiary/aromatic N) is 3. The van der Waals surface area contributed by atoms with Crippen molar-refractivity contribution >= 4 is 22.4 Å². The number of hydrogen-bond donors (Lipinski definition) is 0. The van der Waals surface area contributed by atoms with Crippen LogP contribution in [0.2, 0.25) is 0 Å². The SMILES string of the molecule is C=Cc1nc(C)sc1N=NC(C)C.CC. The largest absolute Gasteiger partial charge is 0.240 e. The summed E-state index contributed by atoms with van der Waals surface area (Å²) in [5, 5.41) is 10.0. The Bertz CT molecular complexity index is 327. The highest BCUT2D eigenvalue weighted by atomic mass is 32.1. The predicted octanol–water partition coefficient (Wildman–Crippen LogP) is 4.61. The van der Waals surface area contributed by atoms with Crippen LogP contribution in [0.15, 0.2) is 16.8 Å². The lowest BCUT2D eigenvalue weighted by atomic mass is 10.4. The fourth-order valence-corrected chi connectivity index (χ4v) is 1.55. The minimum atomic E-state index is 0.222. The van der Waals surface area contributed by atoms with Crippen LogP contribution < -0.4 is 0 Å². The lowest BCUT2D eigenvalue weighted by molar-refractivity contribution is 0.780. The molecule has 1 heterocycles. The quantitative estimate of drug-likeness (QED) is 0.692. The first-order chi connectivity index (χ1) is 7.13. The summed E-state index contributed by atoms with van der Waals surface area (Å²) < 4.78 is 0. The molecule has 1 rings (SSSR count). The van der Waals surface area contributed by atoms with E-state index in [2.05, 4.69) is 21.8 Å². The smallest absolute Gasteiger partial charge is 0.165 e. The number of aryl methyl sites for hydroxylation is 1. The van der Waals surface area contributed by atoms with E-state index in [1.807, 2.05) is 34.6 Å².